The second-order valence-electron chi connectivity index (χ2n) is 9.37. The van der Waals surface area contributed by atoms with Crippen LogP contribution in [-0.2, 0) is 9.47 Å². The predicted molar refractivity (Wildman–Crippen MR) is 146 cm³/mol. The molecule has 0 atom stereocenters. The number of aliphatic imine (C=N–C) groups is 1. The Morgan fingerprint density at radius 2 is 1.78 bits per heavy atom. The summed E-state index contributed by atoms with van der Waals surface area (Å²) in [5, 5.41) is 1.03. The molecule has 5 heterocycles. The van der Waals surface area contributed by atoms with Gasteiger partial charge in [0.15, 0.2) is 0 Å². The third kappa shape index (κ3) is 5.08. The van der Waals surface area contributed by atoms with Gasteiger partial charge in [0.2, 0.25) is 0 Å². The Balaban J connectivity index is 1.30. The van der Waals surface area contributed by atoms with Gasteiger partial charge in [-0.15, -0.1) is 0 Å². The molecule has 8 nitrogen and oxygen atoms in total. The Morgan fingerprint density at radius 1 is 1.00 bits per heavy atom. The summed E-state index contributed by atoms with van der Waals surface area (Å²) in [6, 6.07) is 14.9. The van der Waals surface area contributed by atoms with Crippen LogP contribution >= 0.6 is 0 Å². The number of fused-ring (bicyclic) bond motifs is 1. The number of aromatic nitrogens is 3. The Morgan fingerprint density at radius 3 is 2.57 bits per heavy atom. The van der Waals surface area contributed by atoms with E-state index < -0.39 is 0 Å². The Kier molecular flexibility index (Phi) is 6.84. The minimum absolute atomic E-state index is 0.139. The molecule has 2 saturated heterocycles. The minimum atomic E-state index is 0.139. The minimum Gasteiger partial charge on any atom is -0.488 e. The fraction of sp³-hybridized carbons (Fsp3) is 0.345. The largest absolute Gasteiger partial charge is 0.488 e. The fourth-order valence-corrected chi connectivity index (χ4v) is 5.00. The zero-order valence-electron chi connectivity index (χ0n) is 21.0. The maximum absolute atomic E-state index is 6.27. The molecule has 1 N–H and O–H groups in total. The molecule has 0 radical (unpaired) electrons. The summed E-state index contributed by atoms with van der Waals surface area (Å²) < 4.78 is 17.2. The molecule has 2 fully saturated rings. The molecule has 0 saturated carbocycles. The van der Waals surface area contributed by atoms with Crippen LogP contribution in [0.1, 0.15) is 18.4 Å². The third-order valence-electron chi connectivity index (χ3n) is 6.99. The van der Waals surface area contributed by atoms with E-state index in [4.69, 9.17) is 19.2 Å². The second kappa shape index (κ2) is 10.7. The third-order valence-corrected chi connectivity index (χ3v) is 6.99. The summed E-state index contributed by atoms with van der Waals surface area (Å²) >= 11 is 0. The molecule has 190 valence electrons. The lowest BCUT2D eigenvalue weighted by Crippen LogP contribution is -2.36. The van der Waals surface area contributed by atoms with Crippen LogP contribution in [-0.4, -0.2) is 73.8 Å². The number of benzene rings is 1. The molecule has 0 amide bonds. The molecule has 0 bridgehead atoms. The van der Waals surface area contributed by atoms with E-state index in [1.165, 1.54) is 5.69 Å². The van der Waals surface area contributed by atoms with E-state index in [2.05, 4.69) is 50.2 Å². The zero-order valence-corrected chi connectivity index (χ0v) is 21.0. The number of rotatable bonds is 6. The van der Waals surface area contributed by atoms with Gasteiger partial charge in [-0.05, 0) is 35.9 Å². The molecule has 4 aromatic rings. The molecule has 2 aliphatic rings. The van der Waals surface area contributed by atoms with Crippen molar-refractivity contribution in [3.05, 3.63) is 60.4 Å². The molecule has 0 spiro atoms. The molecular weight excluding hydrogens is 466 g/mol. The summed E-state index contributed by atoms with van der Waals surface area (Å²) in [6.45, 7) is 4.87. The molecule has 0 aliphatic carbocycles. The van der Waals surface area contributed by atoms with Gasteiger partial charge in [-0.2, -0.15) is 0 Å². The first kappa shape index (κ1) is 23.6. The molecular formula is C29H31N5O3. The van der Waals surface area contributed by atoms with Gasteiger partial charge in [-0.3, -0.25) is 9.98 Å². The SMILES string of the molecule is CN=Cc1cc(-c2ccnc3[nH]c(-c4ccc(N5CCOCC5)cc4)cc23)ncc1OC1CCOCC1. The number of hydrogen-bond donors (Lipinski definition) is 1. The van der Waals surface area contributed by atoms with Crippen LogP contribution in [0.5, 0.6) is 5.75 Å². The van der Waals surface area contributed by atoms with E-state index in [1.807, 2.05) is 30.7 Å². The van der Waals surface area contributed by atoms with Gasteiger partial charge in [-0.25, -0.2) is 4.98 Å². The second-order valence-corrected chi connectivity index (χ2v) is 9.37. The number of morpholine rings is 1. The maximum Gasteiger partial charge on any atom is 0.146 e. The molecule has 0 unspecified atom stereocenters. The fourth-order valence-electron chi connectivity index (χ4n) is 5.00. The van der Waals surface area contributed by atoms with Crippen molar-refractivity contribution < 1.29 is 14.2 Å². The van der Waals surface area contributed by atoms with Crippen molar-refractivity contribution in [2.24, 2.45) is 4.99 Å². The number of pyridine rings is 2. The summed E-state index contributed by atoms with van der Waals surface area (Å²) in [4.78, 5) is 19.5. The molecule has 3 aromatic heterocycles. The maximum atomic E-state index is 6.27. The van der Waals surface area contributed by atoms with Gasteiger partial charge >= 0.3 is 0 Å². The van der Waals surface area contributed by atoms with Crippen molar-refractivity contribution in [1.29, 1.82) is 0 Å². The van der Waals surface area contributed by atoms with Crippen molar-refractivity contribution in [2.75, 3.05) is 51.5 Å². The number of aromatic amines is 1. The van der Waals surface area contributed by atoms with E-state index in [1.54, 1.807) is 7.05 Å². The lowest BCUT2D eigenvalue weighted by molar-refractivity contribution is 0.0254. The van der Waals surface area contributed by atoms with Crippen LogP contribution in [0.3, 0.4) is 0 Å². The van der Waals surface area contributed by atoms with Crippen molar-refractivity contribution >= 4 is 22.9 Å². The highest BCUT2D eigenvalue weighted by Gasteiger charge is 2.18. The number of nitrogens with one attached hydrogen (secondary N) is 1. The molecule has 6 rings (SSSR count). The quantitative estimate of drug-likeness (QED) is 0.388. The highest BCUT2D eigenvalue weighted by Crippen LogP contribution is 2.33. The zero-order chi connectivity index (χ0) is 25.0. The van der Waals surface area contributed by atoms with E-state index >= 15 is 0 Å². The van der Waals surface area contributed by atoms with Gasteiger partial charge in [0.05, 0.1) is 38.3 Å². The van der Waals surface area contributed by atoms with Crippen molar-refractivity contribution in [3.8, 4) is 28.3 Å². The standard InChI is InChI=1S/C29H31N5O3/c1-30-18-21-16-27(32-19-28(21)37-23-7-12-35-13-8-23)24-6-9-31-29-25(24)17-26(33-29)20-2-4-22(5-3-20)34-10-14-36-15-11-34/h2-6,9,16-19,23H,7-8,10-15H2,1H3,(H,31,33). The topological polar surface area (TPSA) is 84.9 Å². The summed E-state index contributed by atoms with van der Waals surface area (Å²) in [5.74, 6) is 0.752. The van der Waals surface area contributed by atoms with Crippen LogP contribution in [0, 0.1) is 0 Å². The average Bonchev–Trinajstić information content (AvgIpc) is 3.40. The van der Waals surface area contributed by atoms with Crippen LogP contribution in [0.4, 0.5) is 5.69 Å². The van der Waals surface area contributed by atoms with Crippen LogP contribution in [0.2, 0.25) is 0 Å². The van der Waals surface area contributed by atoms with Crippen molar-refractivity contribution in [1.82, 2.24) is 15.0 Å². The average molecular weight is 498 g/mol. The highest BCUT2D eigenvalue weighted by molar-refractivity contribution is 5.96. The predicted octanol–water partition coefficient (Wildman–Crippen LogP) is 4.74. The van der Waals surface area contributed by atoms with E-state index in [-0.39, 0.29) is 6.10 Å². The van der Waals surface area contributed by atoms with Gasteiger partial charge in [0.25, 0.3) is 0 Å². The van der Waals surface area contributed by atoms with E-state index in [0.29, 0.717) is 0 Å². The lowest BCUT2D eigenvalue weighted by atomic mass is 10.1. The Hall–Kier alpha value is -3.75. The normalized spacial score (nSPS) is 17.1. The number of anilines is 1. The molecule has 37 heavy (non-hydrogen) atoms. The van der Waals surface area contributed by atoms with Crippen LogP contribution < -0.4 is 9.64 Å². The number of ether oxygens (including phenoxy) is 3. The first-order valence-electron chi connectivity index (χ1n) is 12.9. The van der Waals surface area contributed by atoms with Crippen LogP contribution in [0.15, 0.2) is 59.9 Å². The van der Waals surface area contributed by atoms with Crippen molar-refractivity contribution in [3.63, 3.8) is 0 Å². The molecule has 8 heteroatoms. The number of nitrogens with zero attached hydrogens (tertiary/aromatic N) is 4. The Bertz CT molecular complexity index is 1390. The first-order chi connectivity index (χ1) is 18.3. The van der Waals surface area contributed by atoms with Crippen molar-refractivity contribution in [2.45, 2.75) is 18.9 Å². The number of H-pyrrole nitrogens is 1. The van der Waals surface area contributed by atoms with Gasteiger partial charge in [-0.1, -0.05) is 12.1 Å². The van der Waals surface area contributed by atoms with Gasteiger partial charge in [0.1, 0.15) is 17.5 Å². The highest BCUT2D eigenvalue weighted by atomic mass is 16.5. The van der Waals surface area contributed by atoms with E-state index in [0.717, 1.165) is 97.2 Å². The monoisotopic (exact) mass is 497 g/mol. The molecule has 2 aliphatic heterocycles. The molecule has 1 aromatic carbocycles. The van der Waals surface area contributed by atoms with E-state index in [9.17, 15) is 0 Å². The van der Waals surface area contributed by atoms with Gasteiger partial charge < -0.3 is 24.1 Å². The smallest absolute Gasteiger partial charge is 0.146 e. The summed E-state index contributed by atoms with van der Waals surface area (Å²) in [5.41, 5.74) is 6.99. The van der Waals surface area contributed by atoms with Gasteiger partial charge in [0, 0.05) is 73.3 Å². The number of hydrogen-bond acceptors (Lipinski definition) is 7. The first-order valence-corrected chi connectivity index (χ1v) is 12.9. The van der Waals surface area contributed by atoms with Crippen LogP contribution in [0.25, 0.3) is 33.5 Å². The Labute approximate surface area is 216 Å². The summed E-state index contributed by atoms with van der Waals surface area (Å²) in [6.07, 6.45) is 7.37. The lowest BCUT2D eigenvalue weighted by Gasteiger charge is -2.28. The summed E-state index contributed by atoms with van der Waals surface area (Å²) in [7, 11) is 1.77.